The van der Waals surface area contributed by atoms with Gasteiger partial charge in [0.05, 0.1) is 11.2 Å². The Morgan fingerprint density at radius 2 is 1.80 bits per heavy atom. The van der Waals surface area contributed by atoms with E-state index in [2.05, 4.69) is 37.9 Å². The van der Waals surface area contributed by atoms with Gasteiger partial charge in [-0.2, -0.15) is 0 Å². The Hall–Kier alpha value is -0.650. The summed E-state index contributed by atoms with van der Waals surface area (Å²) in [6.45, 7) is 15.1. The summed E-state index contributed by atoms with van der Waals surface area (Å²) < 4.78 is 6.04. The fourth-order valence-corrected chi connectivity index (χ4v) is 3.15. The zero-order valence-corrected chi connectivity index (χ0v) is 13.7. The van der Waals surface area contributed by atoms with E-state index in [1.54, 1.807) is 6.92 Å². The van der Waals surface area contributed by atoms with E-state index in [4.69, 9.17) is 4.74 Å². The summed E-state index contributed by atoms with van der Waals surface area (Å²) in [5.41, 5.74) is -1.25. The smallest absolute Gasteiger partial charge is 0.323 e. The lowest BCUT2D eigenvalue weighted by Crippen LogP contribution is -2.59. The summed E-state index contributed by atoms with van der Waals surface area (Å²) in [7, 11) is 0. The van der Waals surface area contributed by atoms with E-state index in [1.165, 1.54) is 0 Å². The summed E-state index contributed by atoms with van der Waals surface area (Å²) >= 11 is 0. The van der Waals surface area contributed by atoms with E-state index < -0.39 is 11.5 Å². The molecule has 0 saturated carbocycles. The van der Waals surface area contributed by atoms with E-state index in [9.17, 15) is 9.90 Å². The van der Waals surface area contributed by atoms with Crippen LogP contribution in [0.4, 0.5) is 0 Å². The number of nitrogens with one attached hydrogen (secondary N) is 1. The molecule has 0 aromatic heterocycles. The third kappa shape index (κ3) is 4.72. The van der Waals surface area contributed by atoms with Gasteiger partial charge in [-0.1, -0.05) is 6.92 Å². The molecule has 1 fully saturated rings. The van der Waals surface area contributed by atoms with Crippen molar-refractivity contribution >= 4 is 5.97 Å². The van der Waals surface area contributed by atoms with Gasteiger partial charge in [-0.05, 0) is 47.6 Å². The van der Waals surface area contributed by atoms with Gasteiger partial charge >= 0.3 is 5.97 Å². The average Bonchev–Trinajstić information content (AvgIpc) is 2.22. The Morgan fingerprint density at radius 1 is 1.30 bits per heavy atom. The molecule has 5 heteroatoms. The van der Waals surface area contributed by atoms with Crippen LogP contribution in [0.2, 0.25) is 0 Å². The maximum atomic E-state index is 11.4. The molecular formula is C15H30N2O3. The minimum Gasteiger partial charge on any atom is -0.480 e. The molecule has 0 aromatic rings. The highest BCUT2D eigenvalue weighted by molar-refractivity contribution is 5.78. The van der Waals surface area contributed by atoms with Crippen LogP contribution in [0.5, 0.6) is 0 Å². The molecule has 0 bridgehead atoms. The van der Waals surface area contributed by atoms with Gasteiger partial charge < -0.3 is 15.2 Å². The van der Waals surface area contributed by atoms with Crippen molar-refractivity contribution in [2.45, 2.75) is 64.7 Å². The first-order valence-electron chi connectivity index (χ1n) is 7.41. The predicted molar refractivity (Wildman–Crippen MR) is 80.0 cm³/mol. The normalized spacial score (nSPS) is 25.1. The molecule has 5 nitrogen and oxygen atoms in total. The zero-order valence-electron chi connectivity index (χ0n) is 13.7. The molecule has 0 spiro atoms. The monoisotopic (exact) mass is 286 g/mol. The maximum absolute atomic E-state index is 11.4. The number of nitrogens with zero attached hydrogens (tertiary/aromatic N) is 1. The Kier molecular flexibility index (Phi) is 5.22. The Morgan fingerprint density at radius 3 is 2.20 bits per heavy atom. The van der Waals surface area contributed by atoms with E-state index in [0.717, 1.165) is 19.6 Å². The summed E-state index contributed by atoms with van der Waals surface area (Å²) in [5, 5.41) is 12.5. The number of ether oxygens (including phenoxy) is 1. The van der Waals surface area contributed by atoms with Gasteiger partial charge in [0, 0.05) is 19.6 Å². The lowest BCUT2D eigenvalue weighted by Gasteiger charge is -2.47. The Balaban J connectivity index is 2.66. The van der Waals surface area contributed by atoms with Gasteiger partial charge in [0.2, 0.25) is 0 Å². The highest BCUT2D eigenvalue weighted by Gasteiger charge is 2.39. The summed E-state index contributed by atoms with van der Waals surface area (Å²) in [6, 6.07) is 0. The number of aliphatic carboxylic acids is 1. The molecule has 1 rings (SSSR count). The Bertz CT molecular complexity index is 339. The third-order valence-electron chi connectivity index (χ3n) is 3.73. The van der Waals surface area contributed by atoms with Crippen LogP contribution < -0.4 is 5.32 Å². The largest absolute Gasteiger partial charge is 0.480 e. The SMILES string of the molecule is CCNC(C)(CCN1CC(C)(C)OC(C)(C)C1)C(=O)O. The second-order valence-electron chi connectivity index (χ2n) is 7.25. The molecule has 118 valence electrons. The minimum atomic E-state index is -0.860. The van der Waals surface area contributed by atoms with E-state index in [-0.39, 0.29) is 11.2 Å². The van der Waals surface area contributed by atoms with Crippen LogP contribution in [0.1, 0.15) is 48.0 Å². The van der Waals surface area contributed by atoms with Gasteiger partial charge in [-0.3, -0.25) is 9.69 Å². The zero-order chi connectivity index (χ0) is 15.6. The van der Waals surface area contributed by atoms with E-state index in [1.807, 2.05) is 6.92 Å². The molecule has 1 atom stereocenters. The fraction of sp³-hybridized carbons (Fsp3) is 0.933. The molecule has 0 radical (unpaired) electrons. The molecule has 1 unspecified atom stereocenters. The number of rotatable bonds is 6. The molecule has 1 aliphatic rings. The number of hydrogen-bond donors (Lipinski definition) is 2. The second kappa shape index (κ2) is 6.00. The van der Waals surface area contributed by atoms with Crippen LogP contribution in [0.3, 0.4) is 0 Å². The van der Waals surface area contributed by atoms with Crippen molar-refractivity contribution in [2.24, 2.45) is 0 Å². The van der Waals surface area contributed by atoms with Crippen LogP contribution in [-0.2, 0) is 9.53 Å². The van der Waals surface area contributed by atoms with Crippen molar-refractivity contribution < 1.29 is 14.6 Å². The van der Waals surface area contributed by atoms with Crippen molar-refractivity contribution in [3.8, 4) is 0 Å². The first kappa shape index (κ1) is 17.4. The molecule has 0 aromatic carbocycles. The third-order valence-corrected chi connectivity index (χ3v) is 3.73. The summed E-state index contributed by atoms with van der Waals surface area (Å²) in [6.07, 6.45) is 0.586. The van der Waals surface area contributed by atoms with Crippen LogP contribution in [0, 0.1) is 0 Å². The fourth-order valence-electron chi connectivity index (χ4n) is 3.15. The molecule has 1 aliphatic heterocycles. The number of morpholine rings is 1. The van der Waals surface area contributed by atoms with Crippen LogP contribution in [-0.4, -0.2) is 58.9 Å². The second-order valence-corrected chi connectivity index (χ2v) is 7.25. The lowest BCUT2D eigenvalue weighted by atomic mass is 9.94. The van der Waals surface area contributed by atoms with Crippen LogP contribution in [0.15, 0.2) is 0 Å². The quantitative estimate of drug-likeness (QED) is 0.778. The molecule has 2 N–H and O–H groups in total. The molecule has 0 aliphatic carbocycles. The topological polar surface area (TPSA) is 61.8 Å². The van der Waals surface area contributed by atoms with Gasteiger partial charge in [-0.15, -0.1) is 0 Å². The molecular weight excluding hydrogens is 256 g/mol. The van der Waals surface area contributed by atoms with Gasteiger partial charge in [0.25, 0.3) is 0 Å². The molecule has 20 heavy (non-hydrogen) atoms. The summed E-state index contributed by atoms with van der Waals surface area (Å²) in [4.78, 5) is 13.7. The minimum absolute atomic E-state index is 0.195. The van der Waals surface area contributed by atoms with Crippen molar-refractivity contribution in [3.05, 3.63) is 0 Å². The Labute approximate surface area is 122 Å². The number of carbonyl (C=O) groups is 1. The van der Waals surface area contributed by atoms with Crippen LogP contribution in [0.25, 0.3) is 0 Å². The van der Waals surface area contributed by atoms with Crippen molar-refractivity contribution in [3.63, 3.8) is 0 Å². The van der Waals surface area contributed by atoms with Gasteiger partial charge in [0.1, 0.15) is 5.54 Å². The van der Waals surface area contributed by atoms with Gasteiger partial charge in [-0.25, -0.2) is 0 Å². The highest BCUT2D eigenvalue weighted by Crippen LogP contribution is 2.28. The highest BCUT2D eigenvalue weighted by atomic mass is 16.5. The van der Waals surface area contributed by atoms with Gasteiger partial charge in [0.15, 0.2) is 0 Å². The van der Waals surface area contributed by atoms with Crippen molar-refractivity contribution in [2.75, 3.05) is 26.2 Å². The lowest BCUT2D eigenvalue weighted by molar-refractivity contribution is -0.181. The predicted octanol–water partition coefficient (Wildman–Crippen LogP) is 1.72. The van der Waals surface area contributed by atoms with Crippen molar-refractivity contribution in [1.82, 2.24) is 10.2 Å². The standard InChI is InChI=1S/C15H30N2O3/c1-7-16-15(6,12(18)19)8-9-17-10-13(2,3)20-14(4,5)11-17/h16H,7-11H2,1-6H3,(H,18,19). The maximum Gasteiger partial charge on any atom is 0.323 e. The molecule has 1 saturated heterocycles. The van der Waals surface area contributed by atoms with Crippen LogP contribution >= 0.6 is 0 Å². The number of hydrogen-bond acceptors (Lipinski definition) is 4. The van der Waals surface area contributed by atoms with Crippen molar-refractivity contribution in [1.29, 1.82) is 0 Å². The number of likely N-dealkylation sites (N-methyl/N-ethyl adjacent to an activating group) is 1. The number of carboxylic acids is 1. The first-order chi connectivity index (χ1) is 9.00. The van der Waals surface area contributed by atoms with E-state index in [0.29, 0.717) is 13.0 Å². The van der Waals surface area contributed by atoms with E-state index >= 15 is 0 Å². The first-order valence-corrected chi connectivity index (χ1v) is 7.41. The average molecular weight is 286 g/mol. The number of carboxylic acid groups (broad SMARTS) is 1. The molecule has 0 amide bonds. The molecule has 1 heterocycles. The summed E-state index contributed by atoms with van der Waals surface area (Å²) in [5.74, 6) is -0.786.